The Balaban J connectivity index is 1.60. The minimum absolute atomic E-state index is 0.705. The lowest BCUT2D eigenvalue weighted by molar-refractivity contribution is 0.214. The number of aromatic nitrogens is 3. The standard InChI is InChI=1S/C22H25ClN4OS/c1-28-20-11-10-18(23)14-17(20)16-29-22-25-24-21(15-26-12-6-3-7-13-26)27(22)19-8-4-2-5-9-19/h2,4-5,8-11,14H,3,6-7,12-13,15-16H2,1H3. The third-order valence-electron chi connectivity index (χ3n) is 5.13. The van der Waals surface area contributed by atoms with E-state index in [1.54, 1.807) is 18.9 Å². The van der Waals surface area contributed by atoms with Crippen LogP contribution in [0.4, 0.5) is 0 Å². The van der Waals surface area contributed by atoms with E-state index < -0.39 is 0 Å². The Hall–Kier alpha value is -2.02. The molecule has 0 atom stereocenters. The van der Waals surface area contributed by atoms with Gasteiger partial charge in [0.05, 0.1) is 13.7 Å². The normalized spacial score (nSPS) is 14.8. The summed E-state index contributed by atoms with van der Waals surface area (Å²) in [6.45, 7) is 3.08. The van der Waals surface area contributed by atoms with E-state index in [1.165, 1.54) is 19.3 Å². The molecule has 0 amide bonds. The smallest absolute Gasteiger partial charge is 0.196 e. The number of halogens is 1. The van der Waals surface area contributed by atoms with Crippen molar-refractivity contribution < 1.29 is 4.74 Å². The van der Waals surface area contributed by atoms with Crippen molar-refractivity contribution >= 4 is 23.4 Å². The van der Waals surface area contributed by atoms with E-state index >= 15 is 0 Å². The summed E-state index contributed by atoms with van der Waals surface area (Å²) in [5.41, 5.74) is 2.13. The Morgan fingerprint density at radius 2 is 1.83 bits per heavy atom. The number of likely N-dealkylation sites (tertiary alicyclic amines) is 1. The number of hydrogen-bond acceptors (Lipinski definition) is 5. The Kier molecular flexibility index (Phi) is 6.74. The molecule has 152 valence electrons. The number of para-hydroxylation sites is 1. The zero-order chi connectivity index (χ0) is 20.1. The average Bonchev–Trinajstić information content (AvgIpc) is 3.16. The van der Waals surface area contributed by atoms with Crippen LogP contribution < -0.4 is 4.74 Å². The van der Waals surface area contributed by atoms with Gasteiger partial charge in [-0.2, -0.15) is 0 Å². The van der Waals surface area contributed by atoms with E-state index in [1.807, 2.05) is 24.3 Å². The highest BCUT2D eigenvalue weighted by Gasteiger charge is 2.19. The second-order valence-corrected chi connectivity index (χ2v) is 8.53. The maximum atomic E-state index is 6.19. The Labute approximate surface area is 181 Å². The van der Waals surface area contributed by atoms with Gasteiger partial charge in [-0.1, -0.05) is 48.0 Å². The third-order valence-corrected chi connectivity index (χ3v) is 6.34. The van der Waals surface area contributed by atoms with Crippen LogP contribution in [0.5, 0.6) is 5.75 Å². The summed E-state index contributed by atoms with van der Waals surface area (Å²) in [7, 11) is 1.68. The molecule has 29 heavy (non-hydrogen) atoms. The van der Waals surface area contributed by atoms with Crippen molar-refractivity contribution in [2.75, 3.05) is 20.2 Å². The molecule has 0 saturated carbocycles. The molecule has 0 bridgehead atoms. The van der Waals surface area contributed by atoms with Crippen molar-refractivity contribution in [1.82, 2.24) is 19.7 Å². The molecule has 0 N–H and O–H groups in total. The fraction of sp³-hybridized carbons (Fsp3) is 0.364. The second-order valence-electron chi connectivity index (χ2n) is 7.15. The van der Waals surface area contributed by atoms with Crippen molar-refractivity contribution in [3.05, 3.63) is 64.9 Å². The number of thioether (sulfide) groups is 1. The van der Waals surface area contributed by atoms with Gasteiger partial charge in [0.1, 0.15) is 5.75 Å². The van der Waals surface area contributed by atoms with Crippen LogP contribution in [0.25, 0.3) is 5.69 Å². The zero-order valence-corrected chi connectivity index (χ0v) is 18.1. The Morgan fingerprint density at radius 3 is 2.59 bits per heavy atom. The topological polar surface area (TPSA) is 43.2 Å². The molecule has 2 heterocycles. The molecule has 0 aliphatic carbocycles. The predicted octanol–water partition coefficient (Wildman–Crippen LogP) is 5.21. The van der Waals surface area contributed by atoms with Crippen molar-refractivity contribution in [3.8, 4) is 11.4 Å². The van der Waals surface area contributed by atoms with Crippen LogP contribution in [-0.4, -0.2) is 39.9 Å². The van der Waals surface area contributed by atoms with E-state index in [4.69, 9.17) is 16.3 Å². The van der Waals surface area contributed by atoms with Crippen LogP contribution in [0.2, 0.25) is 5.02 Å². The third kappa shape index (κ3) is 4.94. The molecule has 1 fully saturated rings. The molecule has 7 heteroatoms. The van der Waals surface area contributed by atoms with Gasteiger partial charge in [0.2, 0.25) is 0 Å². The van der Waals surface area contributed by atoms with E-state index in [0.717, 1.165) is 47.6 Å². The van der Waals surface area contributed by atoms with Crippen molar-refractivity contribution in [3.63, 3.8) is 0 Å². The van der Waals surface area contributed by atoms with Crippen molar-refractivity contribution in [2.45, 2.75) is 36.7 Å². The maximum Gasteiger partial charge on any atom is 0.196 e. The minimum Gasteiger partial charge on any atom is -0.496 e. The lowest BCUT2D eigenvalue weighted by Crippen LogP contribution is -2.30. The van der Waals surface area contributed by atoms with Gasteiger partial charge in [0, 0.05) is 22.0 Å². The SMILES string of the molecule is COc1ccc(Cl)cc1CSc1nnc(CN2CCCCC2)n1-c1ccccc1. The first kappa shape index (κ1) is 20.3. The summed E-state index contributed by atoms with van der Waals surface area (Å²) < 4.78 is 7.66. The molecular weight excluding hydrogens is 404 g/mol. The fourth-order valence-electron chi connectivity index (χ4n) is 3.65. The second kappa shape index (κ2) is 9.65. The summed E-state index contributed by atoms with van der Waals surface area (Å²) >= 11 is 7.84. The maximum absolute atomic E-state index is 6.19. The quantitative estimate of drug-likeness (QED) is 0.483. The molecule has 1 aliphatic heterocycles. The minimum atomic E-state index is 0.705. The van der Waals surface area contributed by atoms with Crippen LogP contribution >= 0.6 is 23.4 Å². The van der Waals surface area contributed by atoms with E-state index in [-0.39, 0.29) is 0 Å². The van der Waals surface area contributed by atoms with Gasteiger partial charge >= 0.3 is 0 Å². The van der Waals surface area contributed by atoms with Gasteiger partial charge < -0.3 is 4.74 Å². The fourth-order valence-corrected chi connectivity index (χ4v) is 4.80. The highest BCUT2D eigenvalue weighted by atomic mass is 35.5. The molecular formula is C22H25ClN4OS. The first-order valence-electron chi connectivity index (χ1n) is 9.92. The Bertz CT molecular complexity index is 941. The number of piperidine rings is 1. The number of hydrogen-bond donors (Lipinski definition) is 0. The van der Waals surface area contributed by atoms with Gasteiger partial charge in [-0.05, 0) is 56.3 Å². The van der Waals surface area contributed by atoms with Gasteiger partial charge in [-0.25, -0.2) is 0 Å². The summed E-state index contributed by atoms with van der Waals surface area (Å²) in [6, 6.07) is 16.0. The first-order valence-corrected chi connectivity index (χ1v) is 11.3. The molecule has 1 saturated heterocycles. The monoisotopic (exact) mass is 428 g/mol. The average molecular weight is 429 g/mol. The van der Waals surface area contributed by atoms with E-state index in [9.17, 15) is 0 Å². The molecule has 4 rings (SSSR count). The van der Waals surface area contributed by atoms with Crippen LogP contribution in [0.3, 0.4) is 0 Å². The highest BCUT2D eigenvalue weighted by Crippen LogP contribution is 2.31. The highest BCUT2D eigenvalue weighted by molar-refractivity contribution is 7.98. The van der Waals surface area contributed by atoms with Crippen LogP contribution in [-0.2, 0) is 12.3 Å². The predicted molar refractivity (Wildman–Crippen MR) is 118 cm³/mol. The largest absolute Gasteiger partial charge is 0.496 e. The van der Waals surface area contributed by atoms with E-state index in [0.29, 0.717) is 10.8 Å². The number of benzene rings is 2. The van der Waals surface area contributed by atoms with Gasteiger partial charge in [0.25, 0.3) is 0 Å². The van der Waals surface area contributed by atoms with Gasteiger partial charge in [0.15, 0.2) is 11.0 Å². The first-order chi connectivity index (χ1) is 14.2. The lowest BCUT2D eigenvalue weighted by Gasteiger charge is -2.26. The molecule has 0 radical (unpaired) electrons. The molecule has 0 unspecified atom stereocenters. The Morgan fingerprint density at radius 1 is 1.03 bits per heavy atom. The molecule has 3 aromatic rings. The number of rotatable bonds is 7. The van der Waals surface area contributed by atoms with Crippen molar-refractivity contribution in [2.24, 2.45) is 0 Å². The molecule has 1 aromatic heterocycles. The van der Waals surface area contributed by atoms with E-state index in [2.05, 4.69) is 43.9 Å². The van der Waals surface area contributed by atoms with Gasteiger partial charge in [-0.15, -0.1) is 10.2 Å². The van der Waals surface area contributed by atoms with Gasteiger partial charge in [-0.3, -0.25) is 9.47 Å². The van der Waals surface area contributed by atoms with Crippen LogP contribution in [0.15, 0.2) is 53.7 Å². The summed E-state index contributed by atoms with van der Waals surface area (Å²) in [5.74, 6) is 2.53. The molecule has 2 aromatic carbocycles. The molecule has 0 spiro atoms. The summed E-state index contributed by atoms with van der Waals surface area (Å²) in [4.78, 5) is 2.47. The van der Waals surface area contributed by atoms with Crippen LogP contribution in [0.1, 0.15) is 30.7 Å². The number of nitrogens with zero attached hydrogens (tertiary/aromatic N) is 4. The zero-order valence-electron chi connectivity index (χ0n) is 16.6. The number of ether oxygens (including phenoxy) is 1. The number of methoxy groups -OCH3 is 1. The lowest BCUT2D eigenvalue weighted by atomic mass is 10.1. The molecule has 1 aliphatic rings. The molecule has 5 nitrogen and oxygen atoms in total. The summed E-state index contributed by atoms with van der Waals surface area (Å²) in [6.07, 6.45) is 3.84. The summed E-state index contributed by atoms with van der Waals surface area (Å²) in [5, 5.41) is 10.7. The van der Waals surface area contributed by atoms with Crippen LogP contribution in [0, 0.1) is 0 Å². The van der Waals surface area contributed by atoms with Crippen molar-refractivity contribution in [1.29, 1.82) is 0 Å².